The average Bonchev–Trinajstić information content (AvgIpc) is 3.02. The molecule has 0 radical (unpaired) electrons. The van der Waals surface area contributed by atoms with Crippen LogP contribution in [0.4, 0.5) is 0 Å². The molecule has 2 fully saturated rings. The van der Waals surface area contributed by atoms with Gasteiger partial charge in [-0.3, -0.25) is 9.69 Å². The molecule has 1 amide bonds. The first kappa shape index (κ1) is 16.8. The Morgan fingerprint density at radius 1 is 1.19 bits per heavy atom. The van der Waals surface area contributed by atoms with Crippen molar-refractivity contribution in [1.29, 1.82) is 0 Å². The Balaban J connectivity index is 1.99. The minimum absolute atomic E-state index is 0.157. The van der Waals surface area contributed by atoms with Crippen molar-refractivity contribution in [3.8, 4) is 0 Å². The molecule has 1 aliphatic heterocycles. The summed E-state index contributed by atoms with van der Waals surface area (Å²) in [6.45, 7) is 13.3. The predicted molar refractivity (Wildman–Crippen MR) is 88.2 cm³/mol. The van der Waals surface area contributed by atoms with Crippen LogP contribution >= 0.6 is 0 Å². The number of hydrogen-bond acceptors (Lipinski definition) is 2. The third-order valence-electron chi connectivity index (χ3n) is 5.66. The Bertz CT molecular complexity index is 364. The topological polar surface area (TPSA) is 32.1 Å². The van der Waals surface area contributed by atoms with Crippen molar-refractivity contribution in [2.45, 2.75) is 84.7 Å². The van der Waals surface area contributed by atoms with Crippen LogP contribution in [-0.2, 0) is 4.79 Å². The van der Waals surface area contributed by atoms with Crippen LogP contribution < -0.4 is 5.32 Å². The van der Waals surface area contributed by atoms with E-state index in [1.165, 1.54) is 25.7 Å². The molecule has 122 valence electrons. The highest BCUT2D eigenvalue weighted by atomic mass is 16.2. The molecule has 1 spiro atoms. The fourth-order valence-electron chi connectivity index (χ4n) is 4.30. The zero-order valence-corrected chi connectivity index (χ0v) is 14.7. The van der Waals surface area contributed by atoms with E-state index in [0.717, 1.165) is 31.8 Å². The van der Waals surface area contributed by atoms with E-state index in [0.29, 0.717) is 5.41 Å². The summed E-state index contributed by atoms with van der Waals surface area (Å²) in [6.07, 6.45) is 7.13. The first-order valence-corrected chi connectivity index (χ1v) is 8.91. The Kier molecular flexibility index (Phi) is 5.02. The van der Waals surface area contributed by atoms with Crippen molar-refractivity contribution >= 4 is 5.91 Å². The number of hydrogen-bond donors (Lipinski definition) is 1. The fourth-order valence-corrected chi connectivity index (χ4v) is 4.30. The number of rotatable bonds is 5. The van der Waals surface area contributed by atoms with Crippen molar-refractivity contribution in [3.05, 3.63) is 0 Å². The minimum atomic E-state index is 0.157. The molecular weight excluding hydrogens is 260 g/mol. The Morgan fingerprint density at radius 3 is 2.29 bits per heavy atom. The lowest BCUT2D eigenvalue weighted by atomic mass is 9.69. The number of amides is 1. The van der Waals surface area contributed by atoms with Crippen LogP contribution in [0.1, 0.15) is 73.1 Å². The molecule has 0 aromatic rings. The molecule has 1 N–H and O–H groups in total. The zero-order chi connectivity index (χ0) is 15.7. The lowest BCUT2D eigenvalue weighted by Gasteiger charge is -2.37. The lowest BCUT2D eigenvalue weighted by molar-refractivity contribution is -0.121. The Morgan fingerprint density at radius 2 is 1.81 bits per heavy atom. The van der Waals surface area contributed by atoms with Gasteiger partial charge in [0.1, 0.15) is 6.04 Å². The maximum atomic E-state index is 12.4. The summed E-state index contributed by atoms with van der Waals surface area (Å²) in [5, 5.41) is 3.12. The normalized spacial score (nSPS) is 35.8. The lowest BCUT2D eigenvalue weighted by Crippen LogP contribution is -2.36. The molecule has 3 nitrogen and oxygen atoms in total. The van der Waals surface area contributed by atoms with Gasteiger partial charge in [0.15, 0.2) is 0 Å². The van der Waals surface area contributed by atoms with E-state index in [9.17, 15) is 4.79 Å². The standard InChI is InChI=1S/C18H34N2O/c1-6-12-19-16(21)15-18(20(15)13-7-2)10-8-14(9-11-18)17(3,4)5/h14-15H,6-13H2,1-5H3,(H,19,21). The molecule has 0 aromatic carbocycles. The number of carbonyl (C=O) groups is 1. The first-order chi connectivity index (χ1) is 9.86. The summed E-state index contributed by atoms with van der Waals surface area (Å²) in [6, 6.07) is 0.157. The summed E-state index contributed by atoms with van der Waals surface area (Å²) in [4.78, 5) is 14.9. The van der Waals surface area contributed by atoms with E-state index in [4.69, 9.17) is 0 Å². The van der Waals surface area contributed by atoms with Crippen molar-refractivity contribution in [3.63, 3.8) is 0 Å². The third-order valence-corrected chi connectivity index (χ3v) is 5.66. The van der Waals surface area contributed by atoms with E-state index in [1.54, 1.807) is 0 Å². The number of nitrogens with one attached hydrogen (secondary N) is 1. The molecule has 2 aliphatic rings. The fraction of sp³-hybridized carbons (Fsp3) is 0.944. The van der Waals surface area contributed by atoms with Crippen LogP contribution in [-0.4, -0.2) is 35.5 Å². The van der Waals surface area contributed by atoms with Gasteiger partial charge in [-0.05, 0) is 56.4 Å². The van der Waals surface area contributed by atoms with Gasteiger partial charge in [-0.25, -0.2) is 0 Å². The maximum absolute atomic E-state index is 12.4. The predicted octanol–water partition coefficient (Wildman–Crippen LogP) is 3.58. The molecule has 1 heterocycles. The molecular formula is C18H34N2O. The highest BCUT2D eigenvalue weighted by Crippen LogP contribution is 2.54. The van der Waals surface area contributed by atoms with Crippen LogP contribution in [0.15, 0.2) is 0 Å². The largest absolute Gasteiger partial charge is 0.355 e. The van der Waals surface area contributed by atoms with Gasteiger partial charge in [0, 0.05) is 12.1 Å². The van der Waals surface area contributed by atoms with E-state index in [2.05, 4.69) is 44.8 Å². The van der Waals surface area contributed by atoms with E-state index >= 15 is 0 Å². The zero-order valence-electron chi connectivity index (χ0n) is 14.7. The molecule has 2 unspecified atom stereocenters. The Hall–Kier alpha value is -0.570. The van der Waals surface area contributed by atoms with Crippen molar-refractivity contribution < 1.29 is 4.79 Å². The van der Waals surface area contributed by atoms with Crippen molar-refractivity contribution in [2.24, 2.45) is 11.3 Å². The molecule has 2 atom stereocenters. The average molecular weight is 294 g/mol. The second-order valence-corrected chi connectivity index (χ2v) is 8.13. The second kappa shape index (κ2) is 6.28. The number of nitrogens with zero attached hydrogens (tertiary/aromatic N) is 1. The highest BCUT2D eigenvalue weighted by Gasteiger charge is 2.65. The molecule has 21 heavy (non-hydrogen) atoms. The third kappa shape index (κ3) is 3.28. The van der Waals surface area contributed by atoms with Crippen molar-refractivity contribution in [2.75, 3.05) is 13.1 Å². The van der Waals surface area contributed by atoms with E-state index < -0.39 is 0 Å². The SMILES string of the molecule is CCCNC(=O)C1N(CCC)C12CCC(C(C)(C)C)CC2. The molecule has 1 saturated heterocycles. The van der Waals surface area contributed by atoms with Gasteiger partial charge < -0.3 is 5.32 Å². The summed E-state index contributed by atoms with van der Waals surface area (Å²) in [5.41, 5.74) is 0.613. The van der Waals surface area contributed by atoms with Gasteiger partial charge in [0.2, 0.25) is 5.91 Å². The quantitative estimate of drug-likeness (QED) is 0.786. The summed E-state index contributed by atoms with van der Waals surface area (Å²) < 4.78 is 0. The van der Waals surface area contributed by atoms with Crippen LogP contribution in [0.5, 0.6) is 0 Å². The van der Waals surface area contributed by atoms with Crippen LogP contribution in [0, 0.1) is 11.3 Å². The molecule has 0 bridgehead atoms. The molecule has 2 rings (SSSR count). The smallest absolute Gasteiger partial charge is 0.239 e. The Labute approximate surface area is 130 Å². The van der Waals surface area contributed by atoms with Gasteiger partial charge in [-0.1, -0.05) is 34.6 Å². The van der Waals surface area contributed by atoms with Crippen LogP contribution in [0.25, 0.3) is 0 Å². The van der Waals surface area contributed by atoms with Gasteiger partial charge in [-0.2, -0.15) is 0 Å². The molecule has 1 aliphatic carbocycles. The molecule has 3 heteroatoms. The second-order valence-electron chi connectivity index (χ2n) is 8.13. The van der Waals surface area contributed by atoms with E-state index in [1.807, 2.05) is 0 Å². The van der Waals surface area contributed by atoms with E-state index in [-0.39, 0.29) is 17.5 Å². The summed E-state index contributed by atoms with van der Waals surface area (Å²) in [5.74, 6) is 1.09. The van der Waals surface area contributed by atoms with Gasteiger partial charge in [-0.15, -0.1) is 0 Å². The maximum Gasteiger partial charge on any atom is 0.239 e. The van der Waals surface area contributed by atoms with Gasteiger partial charge in [0.05, 0.1) is 0 Å². The van der Waals surface area contributed by atoms with Gasteiger partial charge in [0.25, 0.3) is 0 Å². The first-order valence-electron chi connectivity index (χ1n) is 8.91. The molecule has 0 aromatic heterocycles. The monoisotopic (exact) mass is 294 g/mol. The van der Waals surface area contributed by atoms with Crippen LogP contribution in [0.3, 0.4) is 0 Å². The molecule has 1 saturated carbocycles. The highest BCUT2D eigenvalue weighted by molar-refractivity contribution is 5.87. The summed E-state index contributed by atoms with van der Waals surface area (Å²) in [7, 11) is 0. The summed E-state index contributed by atoms with van der Waals surface area (Å²) >= 11 is 0. The number of carbonyl (C=O) groups excluding carboxylic acids is 1. The minimum Gasteiger partial charge on any atom is -0.355 e. The van der Waals surface area contributed by atoms with Crippen LogP contribution in [0.2, 0.25) is 0 Å². The van der Waals surface area contributed by atoms with Crippen molar-refractivity contribution in [1.82, 2.24) is 10.2 Å². The van der Waals surface area contributed by atoms with Gasteiger partial charge >= 0.3 is 0 Å².